The Kier molecular flexibility index (Phi) is 5.75. The molecule has 5 rings (SSSR count). The number of carbonyl (C=O) groups is 1. The van der Waals surface area contributed by atoms with Gasteiger partial charge in [-0.25, -0.2) is 4.98 Å². The highest BCUT2D eigenvalue weighted by molar-refractivity contribution is 5.84. The van der Waals surface area contributed by atoms with Crippen molar-refractivity contribution < 1.29 is 9.90 Å². The number of piperidine rings is 1. The Morgan fingerprint density at radius 1 is 1.33 bits per heavy atom. The van der Waals surface area contributed by atoms with Crippen LogP contribution in [0.25, 0.3) is 11.0 Å². The molecule has 33 heavy (non-hydrogen) atoms. The van der Waals surface area contributed by atoms with E-state index in [2.05, 4.69) is 54.5 Å². The number of imidazole rings is 1. The molecule has 1 radical (unpaired) electrons. The number of aryl methyl sites for hydroxylation is 1. The number of fused-ring (bicyclic) bond motifs is 2. The van der Waals surface area contributed by atoms with Crippen molar-refractivity contribution in [3.8, 4) is 0 Å². The fourth-order valence-electron chi connectivity index (χ4n) is 5.93. The summed E-state index contributed by atoms with van der Waals surface area (Å²) >= 11 is 0. The van der Waals surface area contributed by atoms with Gasteiger partial charge in [0.25, 0.3) is 0 Å². The Balaban J connectivity index is 1.35. The molecule has 3 unspecified atom stereocenters. The molecular formula is C27H33N4O2. The smallest absolute Gasteiger partial charge is 0.225 e. The number of likely N-dealkylation sites (tertiary alicyclic amines) is 1. The number of aromatic nitrogens is 2. The number of carbonyl (C=O) groups excluding carboxylic acids is 1. The predicted molar refractivity (Wildman–Crippen MR) is 129 cm³/mol. The van der Waals surface area contributed by atoms with Crippen molar-refractivity contribution in [2.75, 3.05) is 19.6 Å². The summed E-state index contributed by atoms with van der Waals surface area (Å²) in [4.78, 5) is 19.5. The molecule has 6 heteroatoms. The molecule has 1 fully saturated rings. The lowest BCUT2D eigenvalue weighted by Crippen LogP contribution is -2.47. The van der Waals surface area contributed by atoms with Gasteiger partial charge in [0.15, 0.2) is 0 Å². The van der Waals surface area contributed by atoms with E-state index >= 15 is 0 Å². The molecule has 1 aliphatic heterocycles. The fraction of sp³-hybridized carbons (Fsp3) is 0.481. The van der Waals surface area contributed by atoms with Crippen molar-refractivity contribution in [3.05, 3.63) is 65.0 Å². The second-order valence-corrected chi connectivity index (χ2v) is 10.1. The van der Waals surface area contributed by atoms with Crippen LogP contribution in [0.5, 0.6) is 0 Å². The molecule has 4 atom stereocenters. The highest BCUT2D eigenvalue weighted by atomic mass is 16.3. The molecule has 1 aromatic heterocycles. The first-order valence-electron chi connectivity index (χ1n) is 12.0. The number of hydrogen-bond acceptors (Lipinski definition) is 4. The molecule has 2 heterocycles. The molecule has 2 aromatic carbocycles. The summed E-state index contributed by atoms with van der Waals surface area (Å²) in [5, 5.41) is 11.3. The number of primary amides is 1. The van der Waals surface area contributed by atoms with Crippen molar-refractivity contribution in [3.63, 3.8) is 0 Å². The molecule has 3 aromatic rings. The van der Waals surface area contributed by atoms with Crippen LogP contribution < -0.4 is 5.73 Å². The van der Waals surface area contributed by atoms with Crippen molar-refractivity contribution in [2.24, 2.45) is 11.7 Å². The zero-order valence-corrected chi connectivity index (χ0v) is 19.7. The lowest BCUT2D eigenvalue weighted by Gasteiger charge is -2.39. The molecule has 0 bridgehead atoms. The molecule has 3 N–H and O–H groups in total. The van der Waals surface area contributed by atoms with Gasteiger partial charge in [-0.2, -0.15) is 0 Å². The first kappa shape index (κ1) is 22.1. The van der Waals surface area contributed by atoms with Crippen LogP contribution in [0.1, 0.15) is 60.7 Å². The van der Waals surface area contributed by atoms with Crippen LogP contribution in [0.15, 0.2) is 36.4 Å². The average molecular weight is 446 g/mol. The van der Waals surface area contributed by atoms with Crippen LogP contribution in [-0.2, 0) is 11.2 Å². The summed E-state index contributed by atoms with van der Waals surface area (Å²) in [6.07, 6.45) is 1.17. The normalized spacial score (nSPS) is 25.6. The van der Waals surface area contributed by atoms with E-state index in [0.29, 0.717) is 6.54 Å². The van der Waals surface area contributed by atoms with E-state index in [0.717, 1.165) is 48.4 Å². The first-order chi connectivity index (χ1) is 15.8. The zero-order valence-electron chi connectivity index (χ0n) is 19.7. The lowest BCUT2D eigenvalue weighted by molar-refractivity contribution is -0.120. The summed E-state index contributed by atoms with van der Waals surface area (Å²) in [5.41, 5.74) is 11.3. The van der Waals surface area contributed by atoms with Crippen molar-refractivity contribution >= 4 is 16.9 Å². The number of rotatable bonds is 5. The summed E-state index contributed by atoms with van der Waals surface area (Å²) < 4.78 is 2.27. The SMILES string of the molecule is Cc1ccc2c(c1)nc(C(C)C)n2C1CCN(CC2Cc3c[c]ccc3C2C(N)=O)C[C@H]1O. The number of aliphatic hydroxyl groups excluding tert-OH is 1. The monoisotopic (exact) mass is 445 g/mol. The largest absolute Gasteiger partial charge is 0.390 e. The maximum atomic E-state index is 12.3. The van der Waals surface area contributed by atoms with Gasteiger partial charge >= 0.3 is 0 Å². The molecule has 0 saturated carbocycles. The molecule has 1 saturated heterocycles. The molecule has 1 aliphatic carbocycles. The number of amides is 1. The van der Waals surface area contributed by atoms with Crippen LogP contribution in [0.2, 0.25) is 0 Å². The number of aliphatic hydroxyl groups is 1. The standard InChI is InChI=1S/C27H33N4O2/c1-16(2)27-29-21-12-17(3)8-9-22(21)31(27)23-10-11-30(15-24(23)32)14-19-13-18-6-4-5-7-20(18)25(19)26(28)33/h5-9,12,16,19,23-25,32H,10-11,13-15H2,1-3H3,(H2,28,33)/t19?,23?,24-,25?/m1/s1. The number of nitrogens with two attached hydrogens (primary N) is 1. The van der Waals surface area contributed by atoms with E-state index in [4.69, 9.17) is 10.7 Å². The Hall–Kier alpha value is -2.70. The lowest BCUT2D eigenvalue weighted by atomic mass is 9.90. The van der Waals surface area contributed by atoms with E-state index in [1.807, 2.05) is 18.2 Å². The minimum absolute atomic E-state index is 0.00586. The van der Waals surface area contributed by atoms with Crippen LogP contribution in [0.4, 0.5) is 0 Å². The first-order valence-corrected chi connectivity index (χ1v) is 12.0. The third kappa shape index (κ3) is 3.96. The summed E-state index contributed by atoms with van der Waals surface area (Å²) in [5.74, 6) is 0.915. The topological polar surface area (TPSA) is 84.4 Å². The number of β-amino-alcohol motifs (C(OH)–C–C–N with tert-alkyl or cyclic N) is 1. The molecule has 1 amide bonds. The fourth-order valence-corrected chi connectivity index (χ4v) is 5.93. The van der Waals surface area contributed by atoms with Gasteiger partial charge in [-0.05, 0) is 60.6 Å². The van der Waals surface area contributed by atoms with Gasteiger partial charge < -0.3 is 20.3 Å². The zero-order chi connectivity index (χ0) is 23.3. The highest BCUT2D eigenvalue weighted by Gasteiger charge is 2.39. The van der Waals surface area contributed by atoms with Crippen LogP contribution in [0, 0.1) is 18.9 Å². The van der Waals surface area contributed by atoms with Crippen LogP contribution in [-0.4, -0.2) is 51.2 Å². The second-order valence-electron chi connectivity index (χ2n) is 10.1. The van der Waals surface area contributed by atoms with Gasteiger partial charge in [0.05, 0.1) is 29.1 Å². The predicted octanol–water partition coefficient (Wildman–Crippen LogP) is 3.32. The van der Waals surface area contributed by atoms with Gasteiger partial charge in [-0.15, -0.1) is 0 Å². The van der Waals surface area contributed by atoms with E-state index in [-0.39, 0.29) is 29.7 Å². The Bertz CT molecular complexity index is 1180. The highest BCUT2D eigenvalue weighted by Crippen LogP contribution is 2.39. The Morgan fingerprint density at radius 3 is 2.88 bits per heavy atom. The third-order valence-corrected chi connectivity index (χ3v) is 7.43. The van der Waals surface area contributed by atoms with Gasteiger partial charge in [-0.3, -0.25) is 4.79 Å². The minimum atomic E-state index is -0.501. The number of hydrogen-bond donors (Lipinski definition) is 2. The third-order valence-electron chi connectivity index (χ3n) is 7.43. The maximum Gasteiger partial charge on any atom is 0.225 e. The van der Waals surface area contributed by atoms with Crippen molar-refractivity contribution in [2.45, 2.75) is 57.6 Å². The average Bonchev–Trinajstić information content (AvgIpc) is 3.31. The van der Waals surface area contributed by atoms with E-state index in [1.54, 1.807) is 0 Å². The van der Waals surface area contributed by atoms with Crippen LogP contribution >= 0.6 is 0 Å². The van der Waals surface area contributed by atoms with E-state index < -0.39 is 6.10 Å². The molecule has 173 valence electrons. The molecule has 6 nitrogen and oxygen atoms in total. The molecule has 0 spiro atoms. The summed E-state index contributed by atoms with van der Waals surface area (Å²) in [6, 6.07) is 15.3. The maximum absolute atomic E-state index is 12.3. The van der Waals surface area contributed by atoms with Crippen molar-refractivity contribution in [1.29, 1.82) is 0 Å². The molecular weight excluding hydrogens is 412 g/mol. The Labute approximate surface area is 195 Å². The van der Waals surface area contributed by atoms with E-state index in [9.17, 15) is 9.90 Å². The molecule has 2 aliphatic rings. The summed E-state index contributed by atoms with van der Waals surface area (Å²) in [6.45, 7) is 8.61. The summed E-state index contributed by atoms with van der Waals surface area (Å²) in [7, 11) is 0. The Morgan fingerprint density at radius 2 is 2.15 bits per heavy atom. The van der Waals surface area contributed by atoms with Gasteiger partial charge in [-0.1, -0.05) is 38.1 Å². The van der Waals surface area contributed by atoms with Gasteiger partial charge in [0.1, 0.15) is 5.82 Å². The van der Waals surface area contributed by atoms with Crippen molar-refractivity contribution in [1.82, 2.24) is 14.5 Å². The quantitative estimate of drug-likeness (QED) is 0.631. The van der Waals surface area contributed by atoms with Gasteiger partial charge in [0, 0.05) is 25.6 Å². The second kappa shape index (κ2) is 8.58. The van der Waals surface area contributed by atoms with Gasteiger partial charge in [0.2, 0.25) is 5.91 Å². The van der Waals surface area contributed by atoms with E-state index in [1.165, 1.54) is 11.1 Å². The minimum Gasteiger partial charge on any atom is -0.390 e. The number of benzene rings is 2. The van der Waals surface area contributed by atoms with Crippen LogP contribution in [0.3, 0.4) is 0 Å². The number of nitrogens with zero attached hydrogens (tertiary/aromatic N) is 3.